The molecule has 0 spiro atoms. The average molecular weight is 346 g/mol. The predicted molar refractivity (Wildman–Crippen MR) is 79.0 cm³/mol. The second-order valence-electron chi connectivity index (χ2n) is 4.50. The molecule has 3 nitrogen and oxygen atoms in total. The third-order valence-electron chi connectivity index (χ3n) is 3.39. The summed E-state index contributed by atoms with van der Waals surface area (Å²) < 4.78 is 2.94. The number of H-pyrrole nitrogens is 1. The van der Waals surface area contributed by atoms with Crippen LogP contribution in [0.1, 0.15) is 25.3 Å². The molecule has 0 aliphatic heterocycles. The first-order chi connectivity index (χ1) is 8.58. The van der Waals surface area contributed by atoms with E-state index < -0.39 is 0 Å². The zero-order valence-electron chi connectivity index (χ0n) is 9.37. The van der Waals surface area contributed by atoms with E-state index in [2.05, 4.69) is 20.9 Å². The van der Waals surface area contributed by atoms with Crippen LogP contribution in [0.15, 0.2) is 21.4 Å². The molecule has 6 heteroatoms. The Balaban J connectivity index is 2.40. The van der Waals surface area contributed by atoms with Crippen LogP contribution in [0.4, 0.5) is 0 Å². The molecule has 1 aromatic heterocycles. The van der Waals surface area contributed by atoms with E-state index in [4.69, 9.17) is 23.8 Å². The molecule has 0 saturated heterocycles. The van der Waals surface area contributed by atoms with Gasteiger partial charge in [-0.05, 0) is 43.6 Å². The van der Waals surface area contributed by atoms with E-state index in [1.807, 2.05) is 0 Å². The number of hydrogen-bond donors (Lipinski definition) is 1. The highest BCUT2D eigenvalue weighted by Crippen LogP contribution is 2.31. The summed E-state index contributed by atoms with van der Waals surface area (Å²) in [6, 6.07) is 3.77. The summed E-state index contributed by atoms with van der Waals surface area (Å²) in [5, 5.41) is 1.08. The second kappa shape index (κ2) is 4.47. The van der Waals surface area contributed by atoms with Crippen molar-refractivity contribution in [3.8, 4) is 0 Å². The highest BCUT2D eigenvalue weighted by atomic mass is 79.9. The van der Waals surface area contributed by atoms with Gasteiger partial charge in [0, 0.05) is 10.5 Å². The van der Waals surface area contributed by atoms with Gasteiger partial charge in [-0.15, -0.1) is 0 Å². The number of benzene rings is 1. The molecule has 2 aromatic rings. The van der Waals surface area contributed by atoms with Crippen molar-refractivity contribution in [1.29, 1.82) is 0 Å². The quantitative estimate of drug-likeness (QED) is 0.787. The summed E-state index contributed by atoms with van der Waals surface area (Å²) in [6.45, 7) is 0. The maximum absolute atomic E-state index is 12.5. The van der Waals surface area contributed by atoms with Crippen molar-refractivity contribution in [3.05, 3.63) is 36.8 Å². The topological polar surface area (TPSA) is 37.8 Å². The van der Waals surface area contributed by atoms with Gasteiger partial charge < -0.3 is 4.98 Å². The predicted octanol–water partition coefficient (Wildman–Crippen LogP) is 4.20. The summed E-state index contributed by atoms with van der Waals surface area (Å²) in [4.78, 5) is 15.6. The molecule has 1 aliphatic carbocycles. The standard InChI is InChI=1S/C12H10BrClN2OS/c13-6-4-8-10(9(14)5-6)15-12(18)16(11(8)17)7-2-1-3-7/h4-5,7H,1-3H2,(H,15,18). The van der Waals surface area contributed by atoms with Crippen LogP contribution in [0.25, 0.3) is 10.9 Å². The summed E-state index contributed by atoms with van der Waals surface area (Å²) in [7, 11) is 0. The highest BCUT2D eigenvalue weighted by molar-refractivity contribution is 9.10. The van der Waals surface area contributed by atoms with Crippen LogP contribution in [0.5, 0.6) is 0 Å². The Kier molecular flexibility index (Phi) is 3.08. The van der Waals surface area contributed by atoms with Crippen molar-refractivity contribution < 1.29 is 0 Å². The Hall–Kier alpha value is -0.650. The molecular weight excluding hydrogens is 336 g/mol. The van der Waals surface area contributed by atoms with E-state index in [-0.39, 0.29) is 11.6 Å². The monoisotopic (exact) mass is 344 g/mol. The van der Waals surface area contributed by atoms with Gasteiger partial charge in [0.2, 0.25) is 0 Å². The molecule has 1 saturated carbocycles. The molecule has 18 heavy (non-hydrogen) atoms. The molecule has 0 radical (unpaired) electrons. The molecule has 94 valence electrons. The smallest absolute Gasteiger partial charge is 0.262 e. The molecular formula is C12H10BrClN2OS. The van der Waals surface area contributed by atoms with E-state index in [1.54, 1.807) is 16.7 Å². The lowest BCUT2D eigenvalue weighted by molar-refractivity contribution is 0.302. The normalized spacial score (nSPS) is 15.9. The van der Waals surface area contributed by atoms with E-state index >= 15 is 0 Å². The van der Waals surface area contributed by atoms with Gasteiger partial charge in [-0.2, -0.15) is 0 Å². The zero-order valence-corrected chi connectivity index (χ0v) is 12.5. The van der Waals surface area contributed by atoms with E-state index in [9.17, 15) is 4.79 Å². The largest absolute Gasteiger partial charge is 0.330 e. The number of hydrogen-bond acceptors (Lipinski definition) is 2. The van der Waals surface area contributed by atoms with Crippen LogP contribution >= 0.6 is 39.7 Å². The molecule has 1 N–H and O–H groups in total. The van der Waals surface area contributed by atoms with Gasteiger partial charge in [0.15, 0.2) is 4.77 Å². The van der Waals surface area contributed by atoms with Crippen molar-refractivity contribution in [3.63, 3.8) is 0 Å². The first kappa shape index (κ1) is 12.4. The van der Waals surface area contributed by atoms with E-state index in [0.717, 1.165) is 23.7 Å². The number of fused-ring (bicyclic) bond motifs is 1. The lowest BCUT2D eigenvalue weighted by atomic mass is 9.93. The molecule has 1 fully saturated rings. The van der Waals surface area contributed by atoms with Crippen molar-refractivity contribution >= 4 is 50.7 Å². The highest BCUT2D eigenvalue weighted by Gasteiger charge is 2.22. The van der Waals surface area contributed by atoms with Gasteiger partial charge >= 0.3 is 0 Å². The van der Waals surface area contributed by atoms with Crippen LogP contribution in [0.3, 0.4) is 0 Å². The van der Waals surface area contributed by atoms with Gasteiger partial charge in [0.1, 0.15) is 0 Å². The Morgan fingerprint density at radius 2 is 2.17 bits per heavy atom. The minimum Gasteiger partial charge on any atom is -0.330 e. The Morgan fingerprint density at radius 3 is 2.78 bits per heavy atom. The second-order valence-corrected chi connectivity index (χ2v) is 6.21. The molecule has 0 amide bonds. The number of nitrogens with one attached hydrogen (secondary N) is 1. The number of nitrogens with zero attached hydrogens (tertiary/aromatic N) is 1. The molecule has 1 aromatic carbocycles. The van der Waals surface area contributed by atoms with Gasteiger partial charge in [0.25, 0.3) is 5.56 Å². The lowest BCUT2D eigenvalue weighted by Crippen LogP contribution is -2.30. The molecule has 1 heterocycles. The van der Waals surface area contributed by atoms with E-state index in [0.29, 0.717) is 20.7 Å². The van der Waals surface area contributed by atoms with Crippen LogP contribution in [0, 0.1) is 4.77 Å². The van der Waals surface area contributed by atoms with Gasteiger partial charge in [-0.1, -0.05) is 27.5 Å². The van der Waals surface area contributed by atoms with Crippen LogP contribution in [0.2, 0.25) is 5.02 Å². The maximum atomic E-state index is 12.5. The van der Waals surface area contributed by atoms with Crippen molar-refractivity contribution in [2.75, 3.05) is 0 Å². The first-order valence-electron chi connectivity index (χ1n) is 5.71. The summed E-state index contributed by atoms with van der Waals surface area (Å²) in [6.07, 6.45) is 3.19. The van der Waals surface area contributed by atoms with Crippen LogP contribution in [-0.2, 0) is 0 Å². The number of aromatic amines is 1. The van der Waals surface area contributed by atoms with Crippen molar-refractivity contribution in [1.82, 2.24) is 9.55 Å². The summed E-state index contributed by atoms with van der Waals surface area (Å²) in [5.41, 5.74) is 0.562. The number of halogens is 2. The number of aromatic nitrogens is 2. The minimum absolute atomic E-state index is 0.0540. The SMILES string of the molecule is O=c1c2cc(Br)cc(Cl)c2[nH]c(=S)n1C1CCC1. The number of rotatable bonds is 1. The summed E-state index contributed by atoms with van der Waals surface area (Å²) >= 11 is 14.8. The summed E-state index contributed by atoms with van der Waals surface area (Å²) in [5.74, 6) is 0. The first-order valence-corrected chi connectivity index (χ1v) is 7.29. The van der Waals surface area contributed by atoms with Gasteiger partial charge in [0.05, 0.1) is 15.9 Å². The lowest BCUT2D eigenvalue weighted by Gasteiger charge is -2.27. The zero-order chi connectivity index (χ0) is 12.9. The fourth-order valence-electron chi connectivity index (χ4n) is 2.24. The van der Waals surface area contributed by atoms with Gasteiger partial charge in [-0.25, -0.2) is 0 Å². The third kappa shape index (κ3) is 1.85. The fourth-order valence-corrected chi connectivity index (χ4v) is 3.43. The third-order valence-corrected chi connectivity index (χ3v) is 4.45. The van der Waals surface area contributed by atoms with Crippen molar-refractivity contribution in [2.24, 2.45) is 0 Å². The average Bonchev–Trinajstić information content (AvgIpc) is 2.23. The Morgan fingerprint density at radius 1 is 1.44 bits per heavy atom. The van der Waals surface area contributed by atoms with E-state index in [1.165, 1.54) is 0 Å². The Labute approximate surface area is 122 Å². The van der Waals surface area contributed by atoms with Gasteiger partial charge in [-0.3, -0.25) is 9.36 Å². The minimum atomic E-state index is -0.0540. The Bertz CT molecular complexity index is 748. The fraction of sp³-hybridized carbons (Fsp3) is 0.333. The molecule has 3 rings (SSSR count). The maximum Gasteiger partial charge on any atom is 0.262 e. The van der Waals surface area contributed by atoms with Crippen molar-refractivity contribution in [2.45, 2.75) is 25.3 Å². The van der Waals surface area contributed by atoms with Crippen LogP contribution in [-0.4, -0.2) is 9.55 Å². The molecule has 0 atom stereocenters. The molecule has 0 bridgehead atoms. The molecule has 0 unspecified atom stereocenters. The van der Waals surface area contributed by atoms with Crippen LogP contribution < -0.4 is 5.56 Å². The molecule has 1 aliphatic rings.